The largest absolute Gasteiger partial charge is 0.324 e. The maximum Gasteiger partial charge on any atom is 0.156 e. The molecule has 1 nitrogen and oxygen atoms in total. The van der Waals surface area contributed by atoms with Crippen LogP contribution in [0.2, 0.25) is 5.02 Å². The van der Waals surface area contributed by atoms with Gasteiger partial charge >= 0.3 is 0 Å². The first-order chi connectivity index (χ1) is 5.54. The second-order valence-corrected chi connectivity index (χ2v) is 3.79. The summed E-state index contributed by atoms with van der Waals surface area (Å²) >= 11 is 8.74. The van der Waals surface area contributed by atoms with E-state index >= 15 is 0 Å². The Morgan fingerprint density at radius 3 is 2.67 bits per heavy atom. The summed E-state index contributed by atoms with van der Waals surface area (Å²) in [6, 6.07) is 3.06. The van der Waals surface area contributed by atoms with Gasteiger partial charge in [0.25, 0.3) is 0 Å². The minimum atomic E-state index is -0.452. The molecule has 1 unspecified atom stereocenters. The molecule has 12 heavy (non-hydrogen) atoms. The molecule has 1 rings (SSSR count). The zero-order valence-corrected chi connectivity index (χ0v) is 8.79. The first kappa shape index (κ1) is 9.96. The lowest BCUT2D eigenvalue weighted by atomic mass is 10.1. The van der Waals surface area contributed by atoms with Crippen molar-refractivity contribution in [2.75, 3.05) is 0 Å². The number of hydrogen-bond acceptors (Lipinski definition) is 1. The summed E-state index contributed by atoms with van der Waals surface area (Å²) in [5.74, 6) is -0.452. The van der Waals surface area contributed by atoms with E-state index < -0.39 is 5.82 Å². The Balaban J connectivity index is 3.27. The summed E-state index contributed by atoms with van der Waals surface area (Å²) in [7, 11) is 0. The van der Waals surface area contributed by atoms with Crippen LogP contribution in [-0.4, -0.2) is 0 Å². The summed E-state index contributed by atoms with van der Waals surface area (Å²) in [6.07, 6.45) is 0. The van der Waals surface area contributed by atoms with Crippen LogP contribution in [0.3, 0.4) is 0 Å². The molecule has 4 heteroatoms. The van der Waals surface area contributed by atoms with E-state index in [2.05, 4.69) is 15.9 Å². The van der Waals surface area contributed by atoms with Gasteiger partial charge in [-0.1, -0.05) is 17.7 Å². The van der Waals surface area contributed by atoms with Crippen molar-refractivity contribution in [3.63, 3.8) is 0 Å². The Labute approximate surface area is 83.8 Å². The predicted molar refractivity (Wildman–Crippen MR) is 51.7 cm³/mol. The SMILES string of the molecule is CC(N)c1ccc(Br)c(F)c1Cl. The molecule has 0 aromatic heterocycles. The monoisotopic (exact) mass is 251 g/mol. The van der Waals surface area contributed by atoms with E-state index in [0.717, 1.165) is 0 Å². The third-order valence-electron chi connectivity index (χ3n) is 1.56. The molecule has 0 saturated heterocycles. The summed E-state index contributed by atoms with van der Waals surface area (Å²) in [6.45, 7) is 1.76. The molecule has 0 radical (unpaired) electrons. The Bertz CT molecular complexity index is 301. The van der Waals surface area contributed by atoms with Gasteiger partial charge in [0.05, 0.1) is 9.50 Å². The number of hydrogen-bond donors (Lipinski definition) is 1. The molecular weight excluding hydrogens is 244 g/mol. The van der Waals surface area contributed by atoms with Crippen LogP contribution in [0.25, 0.3) is 0 Å². The quantitative estimate of drug-likeness (QED) is 0.763. The molecule has 66 valence electrons. The highest BCUT2D eigenvalue weighted by atomic mass is 79.9. The van der Waals surface area contributed by atoms with Crippen molar-refractivity contribution in [3.8, 4) is 0 Å². The van der Waals surface area contributed by atoms with Crippen molar-refractivity contribution in [2.24, 2.45) is 5.73 Å². The highest BCUT2D eigenvalue weighted by molar-refractivity contribution is 9.10. The lowest BCUT2D eigenvalue weighted by Gasteiger charge is -2.08. The molecule has 2 N–H and O–H groups in total. The molecule has 0 aliphatic rings. The number of benzene rings is 1. The Morgan fingerprint density at radius 1 is 1.58 bits per heavy atom. The zero-order valence-electron chi connectivity index (χ0n) is 6.44. The third-order valence-corrected chi connectivity index (χ3v) is 2.55. The lowest BCUT2D eigenvalue weighted by Crippen LogP contribution is -2.06. The fourth-order valence-electron chi connectivity index (χ4n) is 0.893. The number of nitrogens with two attached hydrogens (primary N) is 1. The standard InChI is InChI=1S/C8H8BrClFN/c1-4(12)5-2-3-6(9)8(11)7(5)10/h2-4H,12H2,1H3. The molecule has 0 spiro atoms. The van der Waals surface area contributed by atoms with Gasteiger partial charge < -0.3 is 5.73 Å². The number of halogens is 3. The topological polar surface area (TPSA) is 26.0 Å². The minimum Gasteiger partial charge on any atom is -0.324 e. The summed E-state index contributed by atoms with van der Waals surface area (Å²) < 4.78 is 13.5. The average Bonchev–Trinajstić information content (AvgIpc) is 2.00. The molecule has 0 bridgehead atoms. The van der Waals surface area contributed by atoms with E-state index in [9.17, 15) is 4.39 Å². The van der Waals surface area contributed by atoms with E-state index in [1.807, 2.05) is 0 Å². The Hall–Kier alpha value is -0.120. The third kappa shape index (κ3) is 1.79. The van der Waals surface area contributed by atoms with Gasteiger partial charge in [-0.2, -0.15) is 0 Å². The fourth-order valence-corrected chi connectivity index (χ4v) is 1.67. The van der Waals surface area contributed by atoms with Gasteiger partial charge in [-0.25, -0.2) is 4.39 Å². The van der Waals surface area contributed by atoms with Crippen molar-refractivity contribution in [1.82, 2.24) is 0 Å². The molecular formula is C8H8BrClFN. The van der Waals surface area contributed by atoms with Crippen LogP contribution in [0.5, 0.6) is 0 Å². The van der Waals surface area contributed by atoms with Gasteiger partial charge in [-0.05, 0) is 34.5 Å². The summed E-state index contributed by atoms with van der Waals surface area (Å²) in [5.41, 5.74) is 6.19. The maximum atomic E-state index is 13.1. The smallest absolute Gasteiger partial charge is 0.156 e. The first-order valence-electron chi connectivity index (χ1n) is 3.43. The number of rotatable bonds is 1. The Kier molecular flexibility index (Phi) is 3.09. The molecule has 1 aromatic rings. The van der Waals surface area contributed by atoms with Crippen molar-refractivity contribution in [1.29, 1.82) is 0 Å². The molecule has 0 aliphatic carbocycles. The van der Waals surface area contributed by atoms with Crippen LogP contribution in [0.4, 0.5) is 4.39 Å². The van der Waals surface area contributed by atoms with Crippen LogP contribution in [-0.2, 0) is 0 Å². The van der Waals surface area contributed by atoms with Gasteiger partial charge in [-0.15, -0.1) is 0 Å². The molecule has 0 heterocycles. The van der Waals surface area contributed by atoms with E-state index in [-0.39, 0.29) is 11.1 Å². The highest BCUT2D eigenvalue weighted by Gasteiger charge is 2.11. The predicted octanol–water partition coefficient (Wildman–Crippen LogP) is 3.26. The maximum absolute atomic E-state index is 13.1. The van der Waals surface area contributed by atoms with Crippen molar-refractivity contribution in [3.05, 3.63) is 33.0 Å². The lowest BCUT2D eigenvalue weighted by molar-refractivity contribution is 0.616. The van der Waals surface area contributed by atoms with Gasteiger partial charge in [0, 0.05) is 6.04 Å². The first-order valence-corrected chi connectivity index (χ1v) is 4.60. The fraction of sp³-hybridized carbons (Fsp3) is 0.250. The van der Waals surface area contributed by atoms with Crippen LogP contribution in [0, 0.1) is 5.82 Å². The van der Waals surface area contributed by atoms with E-state index in [4.69, 9.17) is 17.3 Å². The van der Waals surface area contributed by atoms with Gasteiger partial charge in [0.1, 0.15) is 0 Å². The van der Waals surface area contributed by atoms with Crippen molar-refractivity contribution < 1.29 is 4.39 Å². The molecule has 0 saturated carbocycles. The van der Waals surface area contributed by atoms with Gasteiger partial charge in [0.15, 0.2) is 5.82 Å². The second kappa shape index (κ2) is 3.73. The average molecular weight is 253 g/mol. The summed E-state index contributed by atoms with van der Waals surface area (Å²) in [5, 5.41) is 0.0966. The second-order valence-electron chi connectivity index (χ2n) is 2.55. The van der Waals surface area contributed by atoms with Crippen LogP contribution >= 0.6 is 27.5 Å². The van der Waals surface area contributed by atoms with E-state index in [0.29, 0.717) is 10.0 Å². The highest BCUT2D eigenvalue weighted by Crippen LogP contribution is 2.29. The molecule has 1 atom stereocenters. The van der Waals surface area contributed by atoms with Crippen molar-refractivity contribution in [2.45, 2.75) is 13.0 Å². The zero-order chi connectivity index (χ0) is 9.30. The van der Waals surface area contributed by atoms with Gasteiger partial charge in [0.2, 0.25) is 0 Å². The van der Waals surface area contributed by atoms with Crippen LogP contribution in [0.1, 0.15) is 18.5 Å². The molecule has 0 amide bonds. The molecule has 0 aliphatic heterocycles. The normalized spacial score (nSPS) is 13.1. The van der Waals surface area contributed by atoms with Gasteiger partial charge in [-0.3, -0.25) is 0 Å². The molecule has 0 fully saturated rings. The van der Waals surface area contributed by atoms with E-state index in [1.54, 1.807) is 19.1 Å². The molecule has 1 aromatic carbocycles. The Morgan fingerprint density at radius 2 is 2.17 bits per heavy atom. The van der Waals surface area contributed by atoms with E-state index in [1.165, 1.54) is 0 Å². The van der Waals surface area contributed by atoms with Crippen LogP contribution < -0.4 is 5.73 Å². The van der Waals surface area contributed by atoms with Crippen molar-refractivity contribution >= 4 is 27.5 Å². The van der Waals surface area contributed by atoms with Crippen LogP contribution in [0.15, 0.2) is 16.6 Å². The minimum absolute atomic E-state index is 0.0966. The summed E-state index contributed by atoms with van der Waals surface area (Å²) in [4.78, 5) is 0.